The van der Waals surface area contributed by atoms with E-state index in [0.717, 1.165) is 22.8 Å². The molecule has 1 N–H and O–H groups in total. The summed E-state index contributed by atoms with van der Waals surface area (Å²) < 4.78 is 10.8. The summed E-state index contributed by atoms with van der Waals surface area (Å²) in [7, 11) is 3.47. The number of nitrogens with zero attached hydrogens (tertiary/aromatic N) is 2. The second-order valence-electron chi connectivity index (χ2n) is 4.93. The van der Waals surface area contributed by atoms with E-state index in [1.807, 2.05) is 51.2 Å². The summed E-state index contributed by atoms with van der Waals surface area (Å²) in [4.78, 5) is 8.87. The van der Waals surface area contributed by atoms with Gasteiger partial charge in [0.2, 0.25) is 0 Å². The maximum atomic E-state index is 5.65. The Morgan fingerprint density at radius 2 is 1.86 bits per heavy atom. The number of methoxy groups -OCH3 is 1. The van der Waals surface area contributed by atoms with E-state index < -0.39 is 0 Å². The number of aromatic nitrogens is 2. The maximum absolute atomic E-state index is 5.65. The van der Waals surface area contributed by atoms with E-state index in [0.29, 0.717) is 12.4 Å². The van der Waals surface area contributed by atoms with Crippen molar-refractivity contribution in [3.8, 4) is 17.0 Å². The zero-order valence-corrected chi connectivity index (χ0v) is 12.9. The Kier molecular flexibility index (Phi) is 5.11. The number of benzene rings is 1. The van der Waals surface area contributed by atoms with Crippen molar-refractivity contribution in [1.29, 1.82) is 0 Å². The minimum absolute atomic E-state index is 0.166. The quantitative estimate of drug-likeness (QED) is 0.884. The van der Waals surface area contributed by atoms with Crippen molar-refractivity contribution in [3.05, 3.63) is 36.2 Å². The second-order valence-corrected chi connectivity index (χ2v) is 4.93. The van der Waals surface area contributed by atoms with Gasteiger partial charge in [0.05, 0.1) is 11.8 Å². The molecule has 0 radical (unpaired) electrons. The molecule has 1 aromatic carbocycles. The fraction of sp³-hybridized carbons (Fsp3) is 0.375. The molecule has 1 aromatic heterocycles. The van der Waals surface area contributed by atoms with Crippen LogP contribution in [-0.2, 0) is 11.3 Å². The highest BCUT2D eigenvalue weighted by Gasteiger charge is 2.07. The van der Waals surface area contributed by atoms with Crippen molar-refractivity contribution in [3.63, 3.8) is 0 Å². The Bertz CT molecular complexity index is 583. The van der Waals surface area contributed by atoms with Crippen LogP contribution in [0.3, 0.4) is 0 Å². The first kappa shape index (κ1) is 15.3. The molecule has 0 aliphatic carbocycles. The Morgan fingerprint density at radius 1 is 1.14 bits per heavy atom. The normalized spacial score (nSPS) is 10.7. The van der Waals surface area contributed by atoms with Crippen LogP contribution in [0.25, 0.3) is 11.3 Å². The molecule has 2 rings (SSSR count). The lowest BCUT2D eigenvalue weighted by Gasteiger charge is -2.11. The van der Waals surface area contributed by atoms with Crippen LogP contribution in [0.15, 0.2) is 30.3 Å². The van der Waals surface area contributed by atoms with Gasteiger partial charge in [0, 0.05) is 25.8 Å². The third kappa shape index (κ3) is 4.16. The zero-order chi connectivity index (χ0) is 15.2. The molecule has 0 aliphatic heterocycles. The van der Waals surface area contributed by atoms with Crippen molar-refractivity contribution in [2.45, 2.75) is 26.6 Å². The highest BCUT2D eigenvalue weighted by atomic mass is 16.5. The molecule has 0 amide bonds. The molecular formula is C16H21N3O2. The Morgan fingerprint density at radius 3 is 2.43 bits per heavy atom. The largest absolute Gasteiger partial charge is 0.491 e. The van der Waals surface area contributed by atoms with Crippen LogP contribution < -0.4 is 10.1 Å². The maximum Gasteiger partial charge on any atom is 0.157 e. The molecular weight excluding hydrogens is 266 g/mol. The number of anilines is 1. The standard InChI is InChI=1S/C16H21N3O2/c1-11(2)21-13-7-5-12(6-8-13)14-9-15(17-3)19-16(18-14)10-20-4/h5-9,11H,10H2,1-4H3,(H,17,18,19). The monoisotopic (exact) mass is 287 g/mol. The summed E-state index contributed by atoms with van der Waals surface area (Å²) in [5.41, 5.74) is 1.87. The average molecular weight is 287 g/mol. The fourth-order valence-corrected chi connectivity index (χ4v) is 1.94. The Hall–Kier alpha value is -2.14. The molecule has 5 nitrogen and oxygen atoms in total. The van der Waals surface area contributed by atoms with Crippen molar-refractivity contribution in [1.82, 2.24) is 9.97 Å². The summed E-state index contributed by atoms with van der Waals surface area (Å²) in [6, 6.07) is 9.81. The van der Waals surface area contributed by atoms with Gasteiger partial charge in [-0.05, 0) is 38.1 Å². The predicted molar refractivity (Wildman–Crippen MR) is 83.5 cm³/mol. The smallest absolute Gasteiger partial charge is 0.157 e. The van der Waals surface area contributed by atoms with Gasteiger partial charge >= 0.3 is 0 Å². The van der Waals surface area contributed by atoms with Crippen LogP contribution in [0.5, 0.6) is 5.75 Å². The van der Waals surface area contributed by atoms with E-state index in [4.69, 9.17) is 9.47 Å². The first-order valence-electron chi connectivity index (χ1n) is 6.94. The van der Waals surface area contributed by atoms with Crippen molar-refractivity contribution >= 4 is 5.82 Å². The van der Waals surface area contributed by atoms with E-state index in [9.17, 15) is 0 Å². The summed E-state index contributed by atoms with van der Waals surface area (Å²) in [5.74, 6) is 2.28. The van der Waals surface area contributed by atoms with E-state index in [-0.39, 0.29) is 6.10 Å². The third-order valence-electron chi connectivity index (χ3n) is 2.82. The number of ether oxygens (including phenoxy) is 2. The van der Waals surface area contributed by atoms with E-state index >= 15 is 0 Å². The van der Waals surface area contributed by atoms with Crippen LogP contribution in [0.1, 0.15) is 19.7 Å². The first-order valence-corrected chi connectivity index (χ1v) is 6.94. The van der Waals surface area contributed by atoms with E-state index in [1.165, 1.54) is 0 Å². The molecule has 112 valence electrons. The van der Waals surface area contributed by atoms with E-state index in [2.05, 4.69) is 15.3 Å². The van der Waals surface area contributed by atoms with Crippen molar-refractivity contribution < 1.29 is 9.47 Å². The van der Waals surface area contributed by atoms with Gasteiger partial charge in [-0.2, -0.15) is 0 Å². The molecule has 21 heavy (non-hydrogen) atoms. The number of rotatable bonds is 6. The predicted octanol–water partition coefficient (Wildman–Crippen LogP) is 3.12. The summed E-state index contributed by atoms with van der Waals surface area (Å²) in [5, 5.41) is 3.04. The van der Waals surface area contributed by atoms with Crippen LogP contribution in [-0.4, -0.2) is 30.2 Å². The third-order valence-corrected chi connectivity index (χ3v) is 2.82. The number of hydrogen-bond donors (Lipinski definition) is 1. The topological polar surface area (TPSA) is 56.3 Å². The Balaban J connectivity index is 2.29. The van der Waals surface area contributed by atoms with Gasteiger partial charge in [0.1, 0.15) is 18.2 Å². The van der Waals surface area contributed by atoms with Gasteiger partial charge in [-0.15, -0.1) is 0 Å². The highest BCUT2D eigenvalue weighted by molar-refractivity contribution is 5.63. The number of nitrogens with one attached hydrogen (secondary N) is 1. The summed E-state index contributed by atoms with van der Waals surface area (Å²) >= 11 is 0. The van der Waals surface area contributed by atoms with E-state index in [1.54, 1.807) is 7.11 Å². The van der Waals surface area contributed by atoms with Crippen molar-refractivity contribution in [2.75, 3.05) is 19.5 Å². The minimum Gasteiger partial charge on any atom is -0.491 e. The first-order chi connectivity index (χ1) is 10.1. The molecule has 0 spiro atoms. The lowest BCUT2D eigenvalue weighted by atomic mass is 10.1. The summed E-state index contributed by atoms with van der Waals surface area (Å²) in [6.45, 7) is 4.40. The molecule has 0 bridgehead atoms. The van der Waals surface area contributed by atoms with Gasteiger partial charge in [-0.1, -0.05) is 0 Å². The lowest BCUT2D eigenvalue weighted by Crippen LogP contribution is -2.05. The number of hydrogen-bond acceptors (Lipinski definition) is 5. The van der Waals surface area contributed by atoms with Gasteiger partial charge < -0.3 is 14.8 Å². The molecule has 2 aromatic rings. The second kappa shape index (κ2) is 7.04. The molecule has 0 unspecified atom stereocenters. The van der Waals surface area contributed by atoms with Gasteiger partial charge in [-0.3, -0.25) is 0 Å². The Labute approximate surface area is 125 Å². The molecule has 5 heteroatoms. The van der Waals surface area contributed by atoms with Gasteiger partial charge in [-0.25, -0.2) is 9.97 Å². The molecule has 0 atom stereocenters. The molecule has 0 fully saturated rings. The van der Waals surface area contributed by atoms with Gasteiger partial charge in [0.25, 0.3) is 0 Å². The van der Waals surface area contributed by atoms with Crippen LogP contribution >= 0.6 is 0 Å². The molecule has 1 heterocycles. The highest BCUT2D eigenvalue weighted by Crippen LogP contribution is 2.23. The van der Waals surface area contributed by atoms with Crippen molar-refractivity contribution in [2.24, 2.45) is 0 Å². The average Bonchev–Trinajstić information content (AvgIpc) is 2.47. The fourth-order valence-electron chi connectivity index (χ4n) is 1.94. The van der Waals surface area contributed by atoms with Crippen LogP contribution in [0.2, 0.25) is 0 Å². The summed E-state index contributed by atoms with van der Waals surface area (Å²) in [6.07, 6.45) is 0.166. The lowest BCUT2D eigenvalue weighted by molar-refractivity contribution is 0.178. The molecule has 0 saturated heterocycles. The molecule has 0 saturated carbocycles. The zero-order valence-electron chi connectivity index (χ0n) is 12.9. The molecule has 0 aliphatic rings. The minimum atomic E-state index is 0.166. The van der Waals surface area contributed by atoms with Gasteiger partial charge in [0.15, 0.2) is 5.82 Å². The van der Waals surface area contributed by atoms with Crippen LogP contribution in [0.4, 0.5) is 5.82 Å². The SMILES string of the molecule is CNc1cc(-c2ccc(OC(C)C)cc2)nc(COC)n1. The van der Waals surface area contributed by atoms with Crippen LogP contribution in [0, 0.1) is 0 Å².